The zero-order valence-electron chi connectivity index (χ0n) is 9.77. The Morgan fingerprint density at radius 2 is 1.88 bits per heavy atom. The lowest BCUT2D eigenvalue weighted by molar-refractivity contribution is -0.139. The predicted molar refractivity (Wildman–Crippen MR) is 62.7 cm³/mol. The molecule has 0 radical (unpaired) electrons. The number of guanidine groups is 1. The number of aliphatic carboxylic acids is 2. The zero-order valence-corrected chi connectivity index (χ0v) is 9.77. The first kappa shape index (κ1) is 17.6. The fourth-order valence-corrected chi connectivity index (χ4v) is 0.669. The van der Waals surface area contributed by atoms with Crippen molar-refractivity contribution in [2.45, 2.75) is 32.2 Å². The van der Waals surface area contributed by atoms with E-state index < -0.39 is 18.0 Å². The minimum atomic E-state index is -1.00. The van der Waals surface area contributed by atoms with Gasteiger partial charge in [0.05, 0.1) is 0 Å². The van der Waals surface area contributed by atoms with Gasteiger partial charge in [-0.15, -0.1) is 0 Å². The largest absolute Gasteiger partial charge is 0.481 e. The van der Waals surface area contributed by atoms with Gasteiger partial charge in [-0.1, -0.05) is 6.92 Å². The van der Waals surface area contributed by atoms with Gasteiger partial charge in [0.15, 0.2) is 5.96 Å². The fraction of sp³-hybridized carbons (Fsp3) is 0.667. The van der Waals surface area contributed by atoms with E-state index in [1.165, 1.54) is 0 Å². The molecule has 8 nitrogen and oxygen atoms in total. The van der Waals surface area contributed by atoms with Gasteiger partial charge in [-0.25, -0.2) is 0 Å². The molecule has 0 unspecified atom stereocenters. The molecule has 0 amide bonds. The maximum Gasteiger partial charge on any atom is 0.320 e. The predicted octanol–water partition coefficient (Wildman–Crippen LogP) is -0.857. The number of hydrogen-bond acceptors (Lipinski definition) is 4. The molecular formula is C9H20N4O4. The molecule has 0 aromatic carbocycles. The highest BCUT2D eigenvalue weighted by atomic mass is 16.4. The van der Waals surface area contributed by atoms with Crippen molar-refractivity contribution in [3.63, 3.8) is 0 Å². The number of carboxylic acid groups (broad SMARTS) is 2. The second-order valence-electron chi connectivity index (χ2n) is 3.17. The molecule has 0 fully saturated rings. The first-order chi connectivity index (χ1) is 7.81. The van der Waals surface area contributed by atoms with Crippen LogP contribution in [0.1, 0.15) is 26.2 Å². The highest BCUT2D eigenvalue weighted by Gasteiger charge is 2.09. The number of nitrogens with two attached hydrogens (primary N) is 2. The maximum atomic E-state index is 10.2. The van der Waals surface area contributed by atoms with Crippen LogP contribution in [-0.4, -0.2) is 40.7 Å². The molecule has 1 atom stereocenters. The Kier molecular flexibility index (Phi) is 11.0. The average Bonchev–Trinajstić information content (AvgIpc) is 2.24. The van der Waals surface area contributed by atoms with Gasteiger partial charge >= 0.3 is 11.9 Å². The van der Waals surface area contributed by atoms with E-state index in [1.54, 1.807) is 6.92 Å². The van der Waals surface area contributed by atoms with Gasteiger partial charge in [-0.2, -0.15) is 0 Å². The molecule has 0 aliphatic rings. The van der Waals surface area contributed by atoms with Gasteiger partial charge < -0.3 is 27.0 Å². The summed E-state index contributed by atoms with van der Waals surface area (Å²) in [5.41, 5.74) is 10.2. The highest BCUT2D eigenvalue weighted by molar-refractivity contribution is 5.74. The Bertz CT molecular complexity index is 257. The summed E-state index contributed by atoms with van der Waals surface area (Å²) in [6.07, 6.45) is 1.20. The summed E-state index contributed by atoms with van der Waals surface area (Å²) in [6, 6.07) is -0.821. The van der Waals surface area contributed by atoms with Gasteiger partial charge in [0.2, 0.25) is 0 Å². The first-order valence-corrected chi connectivity index (χ1v) is 5.09. The summed E-state index contributed by atoms with van der Waals surface area (Å²) in [5.74, 6) is -1.86. The van der Waals surface area contributed by atoms with Crippen molar-refractivity contribution >= 4 is 17.9 Å². The van der Waals surface area contributed by atoms with Crippen molar-refractivity contribution < 1.29 is 19.8 Å². The van der Waals surface area contributed by atoms with Gasteiger partial charge in [0.25, 0.3) is 0 Å². The van der Waals surface area contributed by atoms with Crippen LogP contribution in [0.25, 0.3) is 0 Å². The van der Waals surface area contributed by atoms with E-state index in [-0.39, 0.29) is 12.4 Å². The minimum Gasteiger partial charge on any atom is -0.481 e. The SMILES string of the molecule is CCC(=O)O.N=C(N)NCCC[C@H](N)C(=O)O. The van der Waals surface area contributed by atoms with Crippen LogP contribution in [-0.2, 0) is 9.59 Å². The van der Waals surface area contributed by atoms with E-state index in [0.717, 1.165) is 0 Å². The normalized spacial score (nSPS) is 10.7. The summed E-state index contributed by atoms with van der Waals surface area (Å²) >= 11 is 0. The van der Waals surface area contributed by atoms with Crippen LogP contribution in [0.3, 0.4) is 0 Å². The maximum absolute atomic E-state index is 10.2. The van der Waals surface area contributed by atoms with Crippen molar-refractivity contribution in [2.75, 3.05) is 6.54 Å². The van der Waals surface area contributed by atoms with E-state index in [0.29, 0.717) is 19.4 Å². The molecule has 8 N–H and O–H groups in total. The zero-order chi connectivity index (χ0) is 13.8. The number of carbonyl (C=O) groups is 2. The van der Waals surface area contributed by atoms with E-state index in [1.807, 2.05) is 0 Å². The molecule has 0 aromatic rings. The van der Waals surface area contributed by atoms with Crippen LogP contribution in [0, 0.1) is 5.41 Å². The van der Waals surface area contributed by atoms with Crippen LogP contribution < -0.4 is 16.8 Å². The topological polar surface area (TPSA) is 163 Å². The van der Waals surface area contributed by atoms with Crippen molar-refractivity contribution in [3.05, 3.63) is 0 Å². The Labute approximate surface area is 99.5 Å². The lowest BCUT2D eigenvalue weighted by Crippen LogP contribution is -2.34. The third-order valence-corrected chi connectivity index (χ3v) is 1.63. The lowest BCUT2D eigenvalue weighted by Gasteiger charge is -2.06. The number of rotatable bonds is 6. The molecule has 0 saturated carbocycles. The van der Waals surface area contributed by atoms with Crippen molar-refractivity contribution in [2.24, 2.45) is 11.5 Å². The lowest BCUT2D eigenvalue weighted by atomic mass is 10.2. The Hall–Kier alpha value is -1.83. The number of hydrogen-bond donors (Lipinski definition) is 6. The Balaban J connectivity index is 0. The molecule has 0 saturated heterocycles. The summed E-state index contributed by atoms with van der Waals surface area (Å²) in [6.45, 7) is 2.08. The van der Waals surface area contributed by atoms with E-state index >= 15 is 0 Å². The monoisotopic (exact) mass is 248 g/mol. The summed E-state index contributed by atoms with van der Waals surface area (Å²) in [5, 5.41) is 25.4. The molecule has 100 valence electrons. The van der Waals surface area contributed by atoms with Crippen LogP contribution >= 0.6 is 0 Å². The molecule has 0 rings (SSSR count). The summed E-state index contributed by atoms with van der Waals surface area (Å²) in [4.78, 5) is 19.6. The standard InChI is InChI=1S/C6H14N4O2.C3H6O2/c7-4(5(11)12)2-1-3-10-6(8)9;1-2-3(4)5/h4H,1-3,7H2,(H,11,12)(H4,8,9,10);2H2,1H3,(H,4,5)/t4-;/m0./s1. The second-order valence-corrected chi connectivity index (χ2v) is 3.17. The molecule has 0 heterocycles. The van der Waals surface area contributed by atoms with Gasteiger partial charge in [0.1, 0.15) is 6.04 Å². The van der Waals surface area contributed by atoms with Crippen LogP contribution in [0.5, 0.6) is 0 Å². The molecule has 17 heavy (non-hydrogen) atoms. The first-order valence-electron chi connectivity index (χ1n) is 5.09. The molecular weight excluding hydrogens is 228 g/mol. The third kappa shape index (κ3) is 16.8. The van der Waals surface area contributed by atoms with Crippen molar-refractivity contribution in [3.8, 4) is 0 Å². The van der Waals surface area contributed by atoms with Gasteiger partial charge in [-0.05, 0) is 12.8 Å². The van der Waals surface area contributed by atoms with E-state index in [9.17, 15) is 9.59 Å². The number of carboxylic acids is 2. The highest BCUT2D eigenvalue weighted by Crippen LogP contribution is 1.92. The quantitative estimate of drug-likeness (QED) is 0.202. The van der Waals surface area contributed by atoms with E-state index in [2.05, 4.69) is 5.32 Å². The molecule has 8 heteroatoms. The van der Waals surface area contributed by atoms with E-state index in [4.69, 9.17) is 27.1 Å². The van der Waals surface area contributed by atoms with Crippen molar-refractivity contribution in [1.29, 1.82) is 5.41 Å². The smallest absolute Gasteiger partial charge is 0.320 e. The van der Waals surface area contributed by atoms with Crippen LogP contribution in [0.15, 0.2) is 0 Å². The summed E-state index contributed by atoms with van der Waals surface area (Å²) < 4.78 is 0. The van der Waals surface area contributed by atoms with Crippen LogP contribution in [0.4, 0.5) is 0 Å². The van der Waals surface area contributed by atoms with Gasteiger partial charge in [-0.3, -0.25) is 15.0 Å². The van der Waals surface area contributed by atoms with Gasteiger partial charge in [0, 0.05) is 13.0 Å². The molecule has 0 aliphatic carbocycles. The van der Waals surface area contributed by atoms with Crippen molar-refractivity contribution in [1.82, 2.24) is 5.32 Å². The Morgan fingerprint density at radius 1 is 1.41 bits per heavy atom. The molecule has 0 spiro atoms. The van der Waals surface area contributed by atoms with Crippen LogP contribution in [0.2, 0.25) is 0 Å². The number of nitrogens with one attached hydrogen (secondary N) is 2. The minimum absolute atomic E-state index is 0.112. The Morgan fingerprint density at radius 3 is 2.18 bits per heavy atom. The third-order valence-electron chi connectivity index (χ3n) is 1.63. The average molecular weight is 248 g/mol. The second kappa shape index (κ2) is 10.7. The molecule has 0 aromatic heterocycles. The summed E-state index contributed by atoms with van der Waals surface area (Å²) in [7, 11) is 0. The molecule has 0 aliphatic heterocycles. The fourth-order valence-electron chi connectivity index (χ4n) is 0.669. The molecule has 0 bridgehead atoms.